The number of carbonyl (C=O) groups is 6. The van der Waals surface area contributed by atoms with Crippen LogP contribution in [0.3, 0.4) is 0 Å². The number of aromatic nitrogens is 9. The summed E-state index contributed by atoms with van der Waals surface area (Å²) in [5, 5.41) is 13.4. The second-order valence-electron chi connectivity index (χ2n) is 20.5. The van der Waals surface area contributed by atoms with Crippen molar-refractivity contribution in [1.29, 1.82) is 0 Å². The Labute approximate surface area is 477 Å². The predicted molar refractivity (Wildman–Crippen MR) is 313 cm³/mol. The lowest BCUT2D eigenvalue weighted by molar-refractivity contribution is -0.140. The molecule has 7 aromatic rings. The van der Waals surface area contributed by atoms with Crippen LogP contribution in [0.2, 0.25) is 0 Å². The first-order valence-electron chi connectivity index (χ1n) is 27.2. The normalized spacial score (nSPS) is 14.5. The molecule has 0 radical (unpaired) electrons. The Morgan fingerprint density at radius 1 is 0.838 bits per heavy atom. The van der Waals surface area contributed by atoms with E-state index in [0.717, 1.165) is 43.5 Å². The summed E-state index contributed by atoms with van der Waals surface area (Å²) in [6.45, 7) is 13.6. The second-order valence-corrected chi connectivity index (χ2v) is 22.9. The van der Waals surface area contributed by atoms with Gasteiger partial charge in [0.2, 0.25) is 35.5 Å². The summed E-state index contributed by atoms with van der Waals surface area (Å²) in [5.41, 5.74) is 16.5. The van der Waals surface area contributed by atoms with E-state index in [1.807, 2.05) is 55.2 Å². The Morgan fingerprint density at radius 3 is 2.21 bits per heavy atom. The SMILES string of the molecule is CCCCCCCC(C)(I)C1CC(=O)N(CCC(=O)N(C)CCCOc2cc(C(N)=O)cc3nc(NC(=O)c4cc(C)nn4CC)n(C/C=C/Cn4c5nc(-c6cc(C)nn6CC)ncc5c5cc(C(N)=O)cc(OC)c54)c23)C1=O. The Bertz CT molecular complexity index is 3530. The standard InChI is InChI=1S/C57H71IN14O8/c1-9-12-13-14-15-20-57(6,58)40-32-47(74)68(55(40)78)24-19-46(73)67(7)21-18-25-80-45-31-37(51(60)76)29-41-49(45)70(56(62-41)64-54(77)43-27-35(5)66-72(43)11-3)23-17-16-22-69-48-38(28-36(50(59)75)30-44(48)79-8)39-33-61-52(63-53(39)69)42-26-34(4)65-71(42)10-2/h16-17,26-31,33,40H,9-15,18-25,32H2,1-8H3,(H2,59,75)(H2,60,76)(H,62,64,77)/b17-16+. The van der Waals surface area contributed by atoms with E-state index < -0.39 is 23.6 Å². The smallest absolute Gasteiger partial charge is 0.276 e. The molecule has 0 bridgehead atoms. The van der Waals surface area contributed by atoms with E-state index in [0.29, 0.717) is 75.4 Å². The molecule has 1 aliphatic heterocycles. The molecule has 0 aliphatic carbocycles. The molecule has 5 N–H and O–H groups in total. The molecule has 80 heavy (non-hydrogen) atoms. The lowest BCUT2D eigenvalue weighted by Crippen LogP contribution is -2.39. The third kappa shape index (κ3) is 12.5. The highest BCUT2D eigenvalue weighted by Crippen LogP contribution is 2.41. The number of benzene rings is 2. The molecule has 0 spiro atoms. The van der Waals surface area contributed by atoms with Gasteiger partial charge in [-0.2, -0.15) is 10.2 Å². The number of alkyl halides is 1. The second kappa shape index (κ2) is 25.2. The monoisotopic (exact) mass is 1210 g/mol. The highest BCUT2D eigenvalue weighted by Gasteiger charge is 2.47. The Morgan fingerprint density at radius 2 is 1.51 bits per heavy atom. The number of amides is 6. The van der Waals surface area contributed by atoms with Crippen molar-refractivity contribution in [2.24, 2.45) is 17.4 Å². The number of unbranched alkanes of at least 4 members (excludes halogenated alkanes) is 4. The zero-order valence-electron chi connectivity index (χ0n) is 46.8. The first-order chi connectivity index (χ1) is 38.3. The number of hydrogen-bond donors (Lipinski definition) is 3. The van der Waals surface area contributed by atoms with E-state index in [4.69, 9.17) is 35.9 Å². The Balaban J connectivity index is 1.05. The molecule has 6 amide bonds. The Hall–Kier alpha value is -7.70. The quantitative estimate of drug-likeness (QED) is 0.0145. The van der Waals surface area contributed by atoms with Crippen molar-refractivity contribution in [3.63, 3.8) is 0 Å². The van der Waals surface area contributed by atoms with Gasteiger partial charge in [-0.1, -0.05) is 73.8 Å². The number of imide groups is 1. The lowest BCUT2D eigenvalue weighted by Gasteiger charge is -2.28. The van der Waals surface area contributed by atoms with Gasteiger partial charge < -0.3 is 35.0 Å². The summed E-state index contributed by atoms with van der Waals surface area (Å²) >= 11 is 2.34. The predicted octanol–water partition coefficient (Wildman–Crippen LogP) is 7.91. The van der Waals surface area contributed by atoms with Crippen molar-refractivity contribution in [1.82, 2.24) is 53.4 Å². The van der Waals surface area contributed by atoms with E-state index >= 15 is 0 Å². The van der Waals surface area contributed by atoms with E-state index in [9.17, 15) is 28.8 Å². The summed E-state index contributed by atoms with van der Waals surface area (Å²) in [6, 6.07) is 9.98. The van der Waals surface area contributed by atoms with Crippen LogP contribution in [-0.4, -0.2) is 126 Å². The minimum Gasteiger partial charge on any atom is -0.495 e. The zero-order valence-corrected chi connectivity index (χ0v) is 49.0. The highest BCUT2D eigenvalue weighted by atomic mass is 127. The van der Waals surface area contributed by atoms with Gasteiger partial charge in [-0.15, -0.1) is 0 Å². The van der Waals surface area contributed by atoms with Crippen molar-refractivity contribution in [2.45, 2.75) is 129 Å². The molecule has 2 aromatic carbocycles. The van der Waals surface area contributed by atoms with E-state index in [2.05, 4.69) is 45.0 Å². The third-order valence-electron chi connectivity index (χ3n) is 14.7. The van der Waals surface area contributed by atoms with Crippen molar-refractivity contribution in [3.05, 3.63) is 83.0 Å². The molecule has 424 valence electrons. The van der Waals surface area contributed by atoms with E-state index in [-0.39, 0.29) is 89.6 Å². The number of nitrogens with one attached hydrogen (secondary N) is 1. The average Bonchev–Trinajstić information content (AvgIpc) is 4.34. The molecule has 22 nitrogen and oxygen atoms in total. The van der Waals surface area contributed by atoms with Gasteiger partial charge in [0.15, 0.2) is 5.82 Å². The molecular formula is C57H71IN14O8. The van der Waals surface area contributed by atoms with Crippen molar-refractivity contribution >= 4 is 97.0 Å². The third-order valence-corrected chi connectivity index (χ3v) is 16.0. The topological polar surface area (TPSA) is 276 Å². The number of fused-ring (bicyclic) bond motifs is 4. The molecule has 1 saturated heterocycles. The molecule has 2 unspecified atom stereocenters. The Kier molecular flexibility index (Phi) is 18.4. The molecule has 1 aliphatic rings. The van der Waals surface area contributed by atoms with Gasteiger partial charge in [-0.25, -0.2) is 15.0 Å². The van der Waals surface area contributed by atoms with Crippen molar-refractivity contribution in [2.75, 3.05) is 39.2 Å². The molecule has 23 heteroatoms. The number of ether oxygens (including phenoxy) is 2. The van der Waals surface area contributed by atoms with Crippen molar-refractivity contribution in [3.8, 4) is 23.0 Å². The summed E-state index contributed by atoms with van der Waals surface area (Å²) < 4.78 is 19.1. The van der Waals surface area contributed by atoms with Crippen LogP contribution in [0.5, 0.6) is 11.5 Å². The molecule has 1 fully saturated rings. The van der Waals surface area contributed by atoms with Crippen LogP contribution < -0.4 is 26.3 Å². The minimum atomic E-state index is -0.720. The maximum Gasteiger partial charge on any atom is 0.276 e. The number of nitrogens with zero attached hydrogens (tertiary/aromatic N) is 11. The van der Waals surface area contributed by atoms with Crippen LogP contribution in [0, 0.1) is 19.8 Å². The molecule has 8 rings (SSSR count). The average molecular weight is 1210 g/mol. The summed E-state index contributed by atoms with van der Waals surface area (Å²) in [5.74, 6) is -1.65. The highest BCUT2D eigenvalue weighted by molar-refractivity contribution is 14.1. The van der Waals surface area contributed by atoms with Gasteiger partial charge in [0.05, 0.1) is 42.1 Å². The van der Waals surface area contributed by atoms with Crippen LogP contribution in [0.25, 0.3) is 44.5 Å². The van der Waals surface area contributed by atoms with Crippen LogP contribution >= 0.6 is 22.6 Å². The van der Waals surface area contributed by atoms with Gasteiger partial charge in [0.1, 0.15) is 34.1 Å². The van der Waals surface area contributed by atoms with Crippen LogP contribution in [0.1, 0.15) is 128 Å². The number of nitrogens with two attached hydrogens (primary N) is 2. The first kappa shape index (κ1) is 58.4. The van der Waals surface area contributed by atoms with Gasteiger partial charge in [-0.3, -0.25) is 48.3 Å². The maximum absolute atomic E-state index is 14.0. The molecule has 0 saturated carbocycles. The fourth-order valence-electron chi connectivity index (χ4n) is 10.4. The number of likely N-dealkylation sites (tertiary alicyclic amines) is 1. The number of imidazole rings is 1. The van der Waals surface area contributed by atoms with Gasteiger partial charge in [0, 0.05) is 90.7 Å². The number of rotatable bonds is 27. The summed E-state index contributed by atoms with van der Waals surface area (Å²) in [4.78, 5) is 96.9. The van der Waals surface area contributed by atoms with E-state index in [1.54, 1.807) is 52.5 Å². The van der Waals surface area contributed by atoms with Crippen molar-refractivity contribution < 1.29 is 38.2 Å². The van der Waals surface area contributed by atoms with Gasteiger partial charge in [0.25, 0.3) is 5.91 Å². The fourth-order valence-corrected chi connectivity index (χ4v) is 11.3. The number of hydrogen-bond acceptors (Lipinski definition) is 13. The zero-order chi connectivity index (χ0) is 57.6. The largest absolute Gasteiger partial charge is 0.495 e. The first-order valence-corrected chi connectivity index (χ1v) is 28.3. The molecule has 6 heterocycles. The number of anilines is 1. The fraction of sp³-hybridized carbons (Fsp3) is 0.456. The summed E-state index contributed by atoms with van der Waals surface area (Å²) in [7, 11) is 3.18. The number of allylic oxidation sites excluding steroid dienone is 2. The number of carbonyl (C=O) groups excluding carboxylic acids is 6. The number of aryl methyl sites for hydroxylation is 4. The maximum atomic E-state index is 14.0. The number of halogens is 1. The van der Waals surface area contributed by atoms with E-state index in [1.165, 1.54) is 30.6 Å². The van der Waals surface area contributed by atoms with Gasteiger partial charge >= 0.3 is 0 Å². The molecule has 2 atom stereocenters. The minimum absolute atomic E-state index is 0.0124. The molecular weight excluding hydrogens is 1140 g/mol. The number of methoxy groups -OCH3 is 1. The number of primary amides is 2. The van der Waals surface area contributed by atoms with Crippen LogP contribution in [0.4, 0.5) is 5.95 Å². The van der Waals surface area contributed by atoms with Crippen LogP contribution in [-0.2, 0) is 40.6 Å². The van der Waals surface area contributed by atoms with Gasteiger partial charge in [-0.05, 0) is 83.9 Å². The summed E-state index contributed by atoms with van der Waals surface area (Å²) in [6.07, 6.45) is 12.5. The van der Waals surface area contributed by atoms with Crippen LogP contribution in [0.15, 0.2) is 54.7 Å². The lowest BCUT2D eigenvalue weighted by atomic mass is 9.87. The molecule has 5 aromatic heterocycles.